The minimum absolute atomic E-state index is 0.275. The third kappa shape index (κ3) is 3.86. The molecule has 0 aliphatic heterocycles. The van der Waals surface area contributed by atoms with Crippen LogP contribution in [0.3, 0.4) is 0 Å². The molecule has 5 nitrogen and oxygen atoms in total. The van der Waals surface area contributed by atoms with Gasteiger partial charge in [-0.2, -0.15) is 0 Å². The van der Waals surface area contributed by atoms with E-state index in [1.807, 2.05) is 6.92 Å². The van der Waals surface area contributed by atoms with Gasteiger partial charge in [0.15, 0.2) is 0 Å². The van der Waals surface area contributed by atoms with Crippen molar-refractivity contribution in [3.63, 3.8) is 0 Å². The van der Waals surface area contributed by atoms with E-state index in [1.54, 1.807) is 12.1 Å². The van der Waals surface area contributed by atoms with Crippen molar-refractivity contribution in [3.05, 3.63) is 28.8 Å². The van der Waals surface area contributed by atoms with Crippen LogP contribution in [-0.2, 0) is 14.3 Å². The number of hydrogen-bond donors (Lipinski definition) is 1. The second-order valence-electron chi connectivity index (χ2n) is 3.81. The number of benzene rings is 1. The maximum atomic E-state index is 11.7. The molecule has 0 heterocycles. The van der Waals surface area contributed by atoms with Crippen LogP contribution in [0.25, 0.3) is 0 Å². The summed E-state index contributed by atoms with van der Waals surface area (Å²) in [4.78, 5) is 23.2. The predicted molar refractivity (Wildman–Crippen MR) is 72.5 cm³/mol. The minimum Gasteiger partial charge on any atom is -0.467 e. The van der Waals surface area contributed by atoms with Crippen molar-refractivity contribution in [2.45, 2.75) is 19.4 Å². The third-order valence-electron chi connectivity index (χ3n) is 2.61. The molecule has 1 atom stereocenters. The summed E-state index contributed by atoms with van der Waals surface area (Å²) in [6, 6.07) is 4.20. The Morgan fingerprint density at radius 2 is 2.00 bits per heavy atom. The standard InChI is InChI=1S/C13H16ClNO4/c1-4-10(13(17)19-3)15-11-6-5-8(14)7-9(11)12(16)18-2/h5-7,10,15H,4H2,1-3H3. The van der Waals surface area contributed by atoms with E-state index >= 15 is 0 Å². The molecule has 0 aromatic heterocycles. The first-order chi connectivity index (χ1) is 9.03. The Balaban J connectivity index is 3.05. The molecule has 6 heteroatoms. The molecule has 0 aliphatic rings. The molecule has 0 bridgehead atoms. The summed E-state index contributed by atoms with van der Waals surface area (Å²) in [6.45, 7) is 1.84. The summed E-state index contributed by atoms with van der Waals surface area (Å²) in [6.07, 6.45) is 0.524. The summed E-state index contributed by atoms with van der Waals surface area (Å²) in [7, 11) is 2.60. The molecule has 104 valence electrons. The largest absolute Gasteiger partial charge is 0.467 e. The second-order valence-corrected chi connectivity index (χ2v) is 4.25. The fourth-order valence-electron chi connectivity index (χ4n) is 1.58. The summed E-state index contributed by atoms with van der Waals surface area (Å²) in [5, 5.41) is 3.37. The predicted octanol–water partition coefficient (Wildman–Crippen LogP) is 2.49. The lowest BCUT2D eigenvalue weighted by molar-refractivity contribution is -0.141. The van der Waals surface area contributed by atoms with Crippen molar-refractivity contribution < 1.29 is 19.1 Å². The zero-order valence-corrected chi connectivity index (χ0v) is 11.8. The molecule has 19 heavy (non-hydrogen) atoms. The van der Waals surface area contributed by atoms with Crippen molar-refractivity contribution in [1.82, 2.24) is 0 Å². The van der Waals surface area contributed by atoms with Gasteiger partial charge in [-0.15, -0.1) is 0 Å². The van der Waals surface area contributed by atoms with Crippen LogP contribution < -0.4 is 5.32 Å². The molecular weight excluding hydrogens is 270 g/mol. The molecule has 1 unspecified atom stereocenters. The van der Waals surface area contributed by atoms with Gasteiger partial charge in [0.25, 0.3) is 0 Å². The number of hydrogen-bond acceptors (Lipinski definition) is 5. The first kappa shape index (κ1) is 15.3. The highest BCUT2D eigenvalue weighted by Crippen LogP contribution is 2.22. The van der Waals surface area contributed by atoms with Crippen LogP contribution in [0.4, 0.5) is 5.69 Å². The molecule has 1 rings (SSSR count). The highest BCUT2D eigenvalue weighted by Gasteiger charge is 2.20. The lowest BCUT2D eigenvalue weighted by Gasteiger charge is -2.17. The monoisotopic (exact) mass is 285 g/mol. The van der Waals surface area contributed by atoms with Crippen LogP contribution in [-0.4, -0.2) is 32.2 Å². The van der Waals surface area contributed by atoms with E-state index in [0.29, 0.717) is 17.1 Å². The van der Waals surface area contributed by atoms with Crippen LogP contribution in [0.2, 0.25) is 5.02 Å². The molecule has 0 spiro atoms. The van der Waals surface area contributed by atoms with Crippen LogP contribution in [0.5, 0.6) is 0 Å². The van der Waals surface area contributed by atoms with Crippen molar-refractivity contribution >= 4 is 29.2 Å². The number of carbonyl (C=O) groups is 2. The number of halogens is 1. The summed E-state index contributed by atoms with van der Waals surface area (Å²) in [5.74, 6) is -0.919. The van der Waals surface area contributed by atoms with Crippen molar-refractivity contribution in [2.75, 3.05) is 19.5 Å². The molecule has 1 aromatic carbocycles. The number of methoxy groups -OCH3 is 2. The Hall–Kier alpha value is -1.75. The van der Waals surface area contributed by atoms with Crippen LogP contribution >= 0.6 is 11.6 Å². The Kier molecular flexibility index (Phi) is 5.63. The second kappa shape index (κ2) is 6.99. The maximum absolute atomic E-state index is 11.7. The fraction of sp³-hybridized carbons (Fsp3) is 0.385. The highest BCUT2D eigenvalue weighted by atomic mass is 35.5. The van der Waals surface area contributed by atoms with Gasteiger partial charge in [0.2, 0.25) is 0 Å². The quantitative estimate of drug-likeness (QED) is 0.842. The lowest BCUT2D eigenvalue weighted by Crippen LogP contribution is -2.30. The zero-order chi connectivity index (χ0) is 14.4. The minimum atomic E-state index is -0.533. The van der Waals surface area contributed by atoms with E-state index in [2.05, 4.69) is 14.8 Å². The Morgan fingerprint density at radius 3 is 2.53 bits per heavy atom. The number of nitrogens with one attached hydrogen (secondary N) is 1. The van der Waals surface area contributed by atoms with Gasteiger partial charge in [0.1, 0.15) is 6.04 Å². The van der Waals surface area contributed by atoms with Crippen molar-refractivity contribution in [1.29, 1.82) is 0 Å². The van der Waals surface area contributed by atoms with Crippen LogP contribution in [0.15, 0.2) is 18.2 Å². The van der Waals surface area contributed by atoms with E-state index in [9.17, 15) is 9.59 Å². The first-order valence-electron chi connectivity index (χ1n) is 5.75. The van der Waals surface area contributed by atoms with E-state index in [4.69, 9.17) is 11.6 Å². The van der Waals surface area contributed by atoms with Gasteiger partial charge in [0.05, 0.1) is 19.8 Å². The van der Waals surface area contributed by atoms with Gasteiger partial charge < -0.3 is 14.8 Å². The normalized spacial score (nSPS) is 11.6. The van der Waals surface area contributed by atoms with Gasteiger partial charge in [-0.1, -0.05) is 18.5 Å². The number of anilines is 1. The first-order valence-corrected chi connectivity index (χ1v) is 6.13. The number of carbonyl (C=O) groups excluding carboxylic acids is 2. The summed E-state index contributed by atoms with van der Waals surface area (Å²) >= 11 is 5.85. The van der Waals surface area contributed by atoms with Gasteiger partial charge in [0, 0.05) is 10.7 Å². The maximum Gasteiger partial charge on any atom is 0.340 e. The Bertz CT molecular complexity index is 476. The molecule has 0 saturated carbocycles. The average Bonchev–Trinajstić information content (AvgIpc) is 2.44. The van der Waals surface area contributed by atoms with Gasteiger partial charge >= 0.3 is 11.9 Å². The lowest BCUT2D eigenvalue weighted by atomic mass is 10.1. The molecule has 0 amide bonds. The summed E-state index contributed by atoms with van der Waals surface area (Å²) < 4.78 is 9.36. The number of esters is 2. The molecule has 0 saturated heterocycles. The van der Waals surface area contributed by atoms with Gasteiger partial charge in [-0.25, -0.2) is 9.59 Å². The van der Waals surface area contributed by atoms with E-state index < -0.39 is 18.0 Å². The van der Waals surface area contributed by atoms with Crippen LogP contribution in [0.1, 0.15) is 23.7 Å². The SMILES string of the molecule is CCC(Nc1ccc(Cl)cc1C(=O)OC)C(=O)OC. The number of ether oxygens (including phenoxy) is 2. The van der Waals surface area contributed by atoms with E-state index in [-0.39, 0.29) is 5.56 Å². The number of rotatable bonds is 5. The Labute approximate surface area is 116 Å². The molecular formula is C13H16ClNO4. The zero-order valence-electron chi connectivity index (χ0n) is 11.0. The summed E-state index contributed by atoms with van der Waals surface area (Å²) in [5.41, 5.74) is 0.755. The van der Waals surface area contributed by atoms with Crippen molar-refractivity contribution in [2.24, 2.45) is 0 Å². The molecule has 1 N–H and O–H groups in total. The molecule has 1 aromatic rings. The Morgan fingerprint density at radius 1 is 1.32 bits per heavy atom. The highest BCUT2D eigenvalue weighted by molar-refractivity contribution is 6.31. The molecule has 0 aliphatic carbocycles. The smallest absolute Gasteiger partial charge is 0.340 e. The van der Waals surface area contributed by atoms with Crippen LogP contribution in [0, 0.1) is 0 Å². The average molecular weight is 286 g/mol. The van der Waals surface area contributed by atoms with Crippen molar-refractivity contribution in [3.8, 4) is 0 Å². The molecule has 0 fully saturated rings. The molecule has 0 radical (unpaired) electrons. The van der Waals surface area contributed by atoms with Gasteiger partial charge in [-0.05, 0) is 24.6 Å². The van der Waals surface area contributed by atoms with E-state index in [0.717, 1.165) is 0 Å². The topological polar surface area (TPSA) is 64.6 Å². The fourth-order valence-corrected chi connectivity index (χ4v) is 1.75. The third-order valence-corrected chi connectivity index (χ3v) is 2.85. The van der Waals surface area contributed by atoms with E-state index in [1.165, 1.54) is 20.3 Å². The van der Waals surface area contributed by atoms with Gasteiger partial charge in [-0.3, -0.25) is 0 Å².